The summed E-state index contributed by atoms with van der Waals surface area (Å²) in [6.45, 7) is -0.0685. The molecule has 3 aromatic carbocycles. The molecule has 5 nitrogen and oxygen atoms in total. The molecule has 0 saturated carbocycles. The maximum Gasteiger partial charge on any atom is 0.264 e. The van der Waals surface area contributed by atoms with Crippen LogP contribution < -0.4 is 5.43 Å². The molecule has 0 spiro atoms. The number of nitrogens with one attached hydrogen (secondary N) is 1. The molecule has 1 N–H and O–H groups in total. The first-order valence-corrected chi connectivity index (χ1v) is 8.75. The Hall–Kier alpha value is -3.44. The van der Waals surface area contributed by atoms with Crippen molar-refractivity contribution in [3.63, 3.8) is 0 Å². The summed E-state index contributed by atoms with van der Waals surface area (Å²) in [6, 6.07) is 27.4. The lowest BCUT2D eigenvalue weighted by atomic mass is 10.0. The van der Waals surface area contributed by atoms with E-state index in [1.807, 2.05) is 84.9 Å². The third kappa shape index (κ3) is 3.88. The maximum atomic E-state index is 12.4. The smallest absolute Gasteiger partial charge is 0.264 e. The lowest BCUT2D eigenvalue weighted by molar-refractivity contribution is -0.122. The molecule has 0 atom stereocenters. The van der Waals surface area contributed by atoms with Crippen LogP contribution in [-0.2, 0) is 9.53 Å². The molecule has 27 heavy (non-hydrogen) atoms. The third-order valence-electron chi connectivity index (χ3n) is 4.28. The minimum atomic E-state index is -0.308. The van der Waals surface area contributed by atoms with E-state index in [1.165, 1.54) is 0 Å². The second-order valence-electron chi connectivity index (χ2n) is 6.15. The SMILES string of the molecule is O=C(COC(c1ccccc1)c1ccccc1)Nn1cnc2ccccc21. The minimum absolute atomic E-state index is 0.0685. The number of carbonyl (C=O) groups is 1. The molecule has 0 aliphatic heterocycles. The van der Waals surface area contributed by atoms with Crippen LogP contribution in [0, 0.1) is 0 Å². The van der Waals surface area contributed by atoms with Crippen molar-refractivity contribution in [1.82, 2.24) is 9.66 Å². The van der Waals surface area contributed by atoms with Gasteiger partial charge in [0.15, 0.2) is 0 Å². The summed E-state index contributed by atoms with van der Waals surface area (Å²) < 4.78 is 7.60. The Balaban J connectivity index is 1.48. The molecule has 0 aliphatic carbocycles. The fourth-order valence-corrected chi connectivity index (χ4v) is 3.01. The normalized spacial score (nSPS) is 11.0. The summed E-state index contributed by atoms with van der Waals surface area (Å²) in [5.41, 5.74) is 6.49. The molecule has 0 radical (unpaired) electrons. The van der Waals surface area contributed by atoms with Gasteiger partial charge in [0.2, 0.25) is 0 Å². The Morgan fingerprint density at radius 2 is 1.48 bits per heavy atom. The van der Waals surface area contributed by atoms with Crippen LogP contribution in [0.3, 0.4) is 0 Å². The largest absolute Gasteiger partial charge is 0.359 e. The van der Waals surface area contributed by atoms with Gasteiger partial charge in [-0.15, -0.1) is 0 Å². The zero-order valence-corrected chi connectivity index (χ0v) is 14.7. The number of ether oxygens (including phenoxy) is 1. The average molecular weight is 357 g/mol. The summed E-state index contributed by atoms with van der Waals surface area (Å²) in [5.74, 6) is -0.241. The first-order valence-electron chi connectivity index (χ1n) is 8.75. The lowest BCUT2D eigenvalue weighted by Crippen LogP contribution is -2.27. The van der Waals surface area contributed by atoms with Gasteiger partial charge in [-0.1, -0.05) is 72.8 Å². The number of nitrogens with zero attached hydrogens (tertiary/aromatic N) is 2. The third-order valence-corrected chi connectivity index (χ3v) is 4.28. The molecule has 4 aromatic rings. The summed E-state index contributed by atoms with van der Waals surface area (Å²) in [4.78, 5) is 16.7. The molecule has 0 saturated heterocycles. The van der Waals surface area contributed by atoms with Crippen molar-refractivity contribution in [2.45, 2.75) is 6.10 Å². The monoisotopic (exact) mass is 357 g/mol. The number of hydrogen-bond donors (Lipinski definition) is 1. The molecular formula is C22H19N3O2. The number of hydrogen-bond acceptors (Lipinski definition) is 3. The second-order valence-corrected chi connectivity index (χ2v) is 6.15. The number of carbonyl (C=O) groups excluding carboxylic acids is 1. The standard InChI is InChI=1S/C22H19N3O2/c26-21(24-25-16-23-19-13-7-8-14-20(19)25)15-27-22(17-9-3-1-4-10-17)18-11-5-2-6-12-18/h1-14,16,22H,15H2,(H,24,26). The van der Waals surface area contributed by atoms with Crippen LogP contribution >= 0.6 is 0 Å². The van der Waals surface area contributed by atoms with Crippen LogP contribution in [-0.4, -0.2) is 22.2 Å². The van der Waals surface area contributed by atoms with Crippen molar-refractivity contribution in [1.29, 1.82) is 0 Å². The molecule has 0 fully saturated rings. The van der Waals surface area contributed by atoms with Crippen LogP contribution in [0.4, 0.5) is 0 Å². The highest BCUT2D eigenvalue weighted by Gasteiger charge is 2.16. The summed E-state index contributed by atoms with van der Waals surface area (Å²) in [6.07, 6.45) is 1.28. The van der Waals surface area contributed by atoms with Crippen molar-refractivity contribution >= 4 is 16.9 Å². The molecule has 5 heteroatoms. The van der Waals surface area contributed by atoms with Crippen LogP contribution in [0.1, 0.15) is 17.2 Å². The van der Waals surface area contributed by atoms with Crippen LogP contribution in [0.25, 0.3) is 11.0 Å². The average Bonchev–Trinajstić information content (AvgIpc) is 3.13. The number of fused-ring (bicyclic) bond motifs is 1. The van der Waals surface area contributed by atoms with E-state index in [2.05, 4.69) is 10.4 Å². The molecule has 0 bridgehead atoms. The van der Waals surface area contributed by atoms with E-state index in [-0.39, 0.29) is 18.6 Å². The van der Waals surface area contributed by atoms with Gasteiger partial charge in [0.05, 0.1) is 11.0 Å². The van der Waals surface area contributed by atoms with E-state index >= 15 is 0 Å². The van der Waals surface area contributed by atoms with Gasteiger partial charge < -0.3 is 4.74 Å². The van der Waals surface area contributed by atoms with Gasteiger partial charge in [-0.25, -0.2) is 9.66 Å². The maximum absolute atomic E-state index is 12.4. The molecule has 0 aliphatic rings. The Morgan fingerprint density at radius 1 is 0.889 bits per heavy atom. The molecule has 134 valence electrons. The fourth-order valence-electron chi connectivity index (χ4n) is 3.01. The van der Waals surface area contributed by atoms with Gasteiger partial charge in [0, 0.05) is 0 Å². The Bertz CT molecular complexity index is 990. The van der Waals surface area contributed by atoms with Gasteiger partial charge >= 0.3 is 0 Å². The van der Waals surface area contributed by atoms with Gasteiger partial charge in [0.1, 0.15) is 19.0 Å². The summed E-state index contributed by atoms with van der Waals surface area (Å²) in [5, 5.41) is 0. The van der Waals surface area contributed by atoms with Gasteiger partial charge in [0.25, 0.3) is 5.91 Å². The highest BCUT2D eigenvalue weighted by Crippen LogP contribution is 2.25. The van der Waals surface area contributed by atoms with Crippen molar-refractivity contribution in [2.24, 2.45) is 0 Å². The number of rotatable bonds is 6. The van der Waals surface area contributed by atoms with Crippen molar-refractivity contribution < 1.29 is 9.53 Å². The van der Waals surface area contributed by atoms with E-state index in [9.17, 15) is 4.79 Å². The van der Waals surface area contributed by atoms with E-state index < -0.39 is 0 Å². The fraction of sp³-hybridized carbons (Fsp3) is 0.0909. The lowest BCUT2D eigenvalue weighted by Gasteiger charge is -2.19. The van der Waals surface area contributed by atoms with E-state index in [0.717, 1.165) is 22.2 Å². The molecular weight excluding hydrogens is 338 g/mol. The van der Waals surface area contributed by atoms with Crippen molar-refractivity contribution in [3.8, 4) is 0 Å². The van der Waals surface area contributed by atoms with Gasteiger partial charge in [-0.05, 0) is 23.3 Å². The van der Waals surface area contributed by atoms with Crippen LogP contribution in [0.15, 0.2) is 91.3 Å². The number of imidazole rings is 1. The summed E-state index contributed by atoms with van der Waals surface area (Å²) in [7, 11) is 0. The molecule has 1 heterocycles. The van der Waals surface area contributed by atoms with Crippen molar-refractivity contribution in [3.05, 3.63) is 102 Å². The highest BCUT2D eigenvalue weighted by molar-refractivity contribution is 5.87. The first kappa shape index (κ1) is 17.0. The summed E-state index contributed by atoms with van der Waals surface area (Å²) >= 11 is 0. The molecule has 0 unspecified atom stereocenters. The van der Waals surface area contributed by atoms with Crippen molar-refractivity contribution in [2.75, 3.05) is 12.0 Å². The predicted molar refractivity (Wildman–Crippen MR) is 105 cm³/mol. The van der Waals surface area contributed by atoms with Crippen LogP contribution in [0.2, 0.25) is 0 Å². The molecule has 4 rings (SSSR count). The zero-order chi connectivity index (χ0) is 18.5. The first-order chi connectivity index (χ1) is 13.3. The van der Waals surface area contributed by atoms with Crippen LogP contribution in [0.5, 0.6) is 0 Å². The van der Waals surface area contributed by atoms with Gasteiger partial charge in [-0.2, -0.15) is 0 Å². The Labute approximate surface area is 157 Å². The number of amides is 1. The minimum Gasteiger partial charge on any atom is -0.359 e. The quantitative estimate of drug-likeness (QED) is 0.569. The molecule has 1 aromatic heterocycles. The number of para-hydroxylation sites is 2. The topological polar surface area (TPSA) is 56.1 Å². The number of aromatic nitrogens is 2. The van der Waals surface area contributed by atoms with E-state index in [4.69, 9.17) is 4.74 Å². The molecule has 1 amide bonds. The zero-order valence-electron chi connectivity index (χ0n) is 14.7. The predicted octanol–water partition coefficient (Wildman–Crippen LogP) is 3.91. The second kappa shape index (κ2) is 7.85. The highest BCUT2D eigenvalue weighted by atomic mass is 16.5. The number of benzene rings is 3. The Kier molecular flexibility index (Phi) is 4.94. The van der Waals surface area contributed by atoms with E-state index in [0.29, 0.717) is 0 Å². The van der Waals surface area contributed by atoms with E-state index in [1.54, 1.807) is 11.0 Å². The Morgan fingerprint density at radius 3 is 2.15 bits per heavy atom. The van der Waals surface area contributed by atoms with Gasteiger partial charge in [-0.3, -0.25) is 10.2 Å².